The summed E-state index contributed by atoms with van der Waals surface area (Å²) in [5.41, 5.74) is 0.315. The monoisotopic (exact) mass is 384 g/mol. The van der Waals surface area contributed by atoms with Gasteiger partial charge in [0.05, 0.1) is 6.04 Å². The molecule has 0 aliphatic carbocycles. The number of hydrogen-bond donors (Lipinski definition) is 1. The molecular weight excluding hydrogens is 359 g/mol. The van der Waals surface area contributed by atoms with Crippen LogP contribution in [0.4, 0.5) is 4.39 Å². The van der Waals surface area contributed by atoms with E-state index in [0.717, 1.165) is 19.4 Å². The Balaban J connectivity index is 1.96. The predicted molar refractivity (Wildman–Crippen MR) is 98.5 cm³/mol. The van der Waals surface area contributed by atoms with Gasteiger partial charge in [0.2, 0.25) is 5.91 Å². The number of hydrogen-bond acceptors (Lipinski definition) is 3. The van der Waals surface area contributed by atoms with Crippen molar-refractivity contribution in [2.45, 2.75) is 45.2 Å². The van der Waals surface area contributed by atoms with Crippen LogP contribution in [0.2, 0.25) is 5.02 Å². The average Bonchev–Trinajstić information content (AvgIpc) is 2.62. The molecule has 1 fully saturated rings. The fourth-order valence-electron chi connectivity index (χ4n) is 3.49. The van der Waals surface area contributed by atoms with E-state index in [9.17, 15) is 14.0 Å². The van der Waals surface area contributed by atoms with Gasteiger partial charge in [0.15, 0.2) is 0 Å². The number of piperidine rings is 1. The molecule has 0 spiro atoms. The fraction of sp³-hybridized carbons (Fsp3) is 0.579. The minimum absolute atomic E-state index is 0.0943. The Bertz CT molecular complexity index is 635. The summed E-state index contributed by atoms with van der Waals surface area (Å²) >= 11 is 6.05. The molecule has 2 rings (SSSR count). The van der Waals surface area contributed by atoms with Gasteiger partial charge >= 0.3 is 5.97 Å². The maximum atomic E-state index is 14.0. The largest absolute Gasteiger partial charge is 0.481 e. The third-order valence-electron chi connectivity index (χ3n) is 5.06. The molecule has 1 aromatic carbocycles. The van der Waals surface area contributed by atoms with Gasteiger partial charge in [-0.05, 0) is 50.8 Å². The van der Waals surface area contributed by atoms with Crippen molar-refractivity contribution in [3.8, 4) is 0 Å². The van der Waals surface area contributed by atoms with Gasteiger partial charge in [0.1, 0.15) is 5.82 Å². The number of aliphatic carboxylic acids is 1. The first-order valence-corrected chi connectivity index (χ1v) is 9.31. The van der Waals surface area contributed by atoms with Crippen molar-refractivity contribution in [3.63, 3.8) is 0 Å². The molecule has 0 bridgehead atoms. The van der Waals surface area contributed by atoms with E-state index in [0.29, 0.717) is 29.5 Å². The van der Waals surface area contributed by atoms with Crippen molar-refractivity contribution < 1.29 is 19.1 Å². The molecule has 1 N–H and O–H groups in total. The summed E-state index contributed by atoms with van der Waals surface area (Å²) in [6.07, 6.45) is 2.73. The normalized spacial score (nSPS) is 19.2. The smallest absolute Gasteiger partial charge is 0.303 e. The van der Waals surface area contributed by atoms with Crippen molar-refractivity contribution in [2.75, 3.05) is 20.1 Å². The first-order valence-electron chi connectivity index (χ1n) is 8.93. The summed E-state index contributed by atoms with van der Waals surface area (Å²) < 4.78 is 14.0. The van der Waals surface area contributed by atoms with Crippen molar-refractivity contribution in [1.82, 2.24) is 9.80 Å². The van der Waals surface area contributed by atoms with E-state index < -0.39 is 11.8 Å². The fourth-order valence-corrected chi connectivity index (χ4v) is 3.71. The van der Waals surface area contributed by atoms with Gasteiger partial charge in [-0.15, -0.1) is 0 Å². The Morgan fingerprint density at radius 1 is 1.46 bits per heavy atom. The molecule has 2 unspecified atom stereocenters. The summed E-state index contributed by atoms with van der Waals surface area (Å²) in [6, 6.07) is 4.15. The lowest BCUT2D eigenvalue weighted by Crippen LogP contribution is -2.49. The molecule has 1 aromatic rings. The van der Waals surface area contributed by atoms with E-state index in [-0.39, 0.29) is 24.9 Å². The van der Waals surface area contributed by atoms with Crippen molar-refractivity contribution >= 4 is 23.5 Å². The number of carbonyl (C=O) groups excluding carboxylic acids is 1. The number of rotatable bonds is 7. The van der Waals surface area contributed by atoms with Crippen LogP contribution >= 0.6 is 11.6 Å². The molecule has 1 amide bonds. The van der Waals surface area contributed by atoms with Crippen LogP contribution in [-0.4, -0.2) is 53.0 Å². The Labute approximate surface area is 158 Å². The zero-order valence-electron chi connectivity index (χ0n) is 15.3. The number of amides is 1. The van der Waals surface area contributed by atoms with E-state index in [1.165, 1.54) is 17.0 Å². The molecule has 0 aromatic heterocycles. The number of nitrogens with zero attached hydrogens (tertiary/aromatic N) is 2. The second-order valence-electron chi connectivity index (χ2n) is 7.01. The third kappa shape index (κ3) is 5.42. The quantitative estimate of drug-likeness (QED) is 0.782. The van der Waals surface area contributed by atoms with Gasteiger partial charge in [-0.25, -0.2) is 4.39 Å². The van der Waals surface area contributed by atoms with E-state index in [1.807, 2.05) is 6.92 Å². The molecule has 7 heteroatoms. The molecule has 2 atom stereocenters. The van der Waals surface area contributed by atoms with Crippen LogP contribution in [0, 0.1) is 11.7 Å². The summed E-state index contributed by atoms with van der Waals surface area (Å²) in [5, 5.41) is 9.16. The summed E-state index contributed by atoms with van der Waals surface area (Å²) in [4.78, 5) is 27.1. The van der Waals surface area contributed by atoms with E-state index in [1.54, 1.807) is 13.1 Å². The molecule has 1 aliphatic heterocycles. The highest BCUT2D eigenvalue weighted by Crippen LogP contribution is 2.24. The van der Waals surface area contributed by atoms with E-state index in [4.69, 9.17) is 16.7 Å². The van der Waals surface area contributed by atoms with Gasteiger partial charge in [-0.1, -0.05) is 17.7 Å². The number of likely N-dealkylation sites (N-methyl/N-ethyl adjacent to an activating group) is 1. The molecule has 0 saturated carbocycles. The van der Waals surface area contributed by atoms with Crippen LogP contribution in [0.15, 0.2) is 18.2 Å². The van der Waals surface area contributed by atoms with Gasteiger partial charge in [0.25, 0.3) is 0 Å². The number of carboxylic acids is 1. The van der Waals surface area contributed by atoms with Gasteiger partial charge in [-0.3, -0.25) is 14.5 Å². The summed E-state index contributed by atoms with van der Waals surface area (Å²) in [6.45, 7) is 3.49. The minimum Gasteiger partial charge on any atom is -0.481 e. The Morgan fingerprint density at radius 3 is 2.85 bits per heavy atom. The maximum Gasteiger partial charge on any atom is 0.303 e. The summed E-state index contributed by atoms with van der Waals surface area (Å²) in [5.74, 6) is -1.01. The molecule has 1 saturated heterocycles. The third-order valence-corrected chi connectivity index (χ3v) is 5.41. The molecule has 1 aliphatic rings. The molecular formula is C19H26ClFN2O3. The number of carboxylic acid groups (broad SMARTS) is 1. The topological polar surface area (TPSA) is 60.9 Å². The lowest BCUT2D eigenvalue weighted by atomic mass is 9.92. The first-order chi connectivity index (χ1) is 12.3. The molecule has 144 valence electrons. The SMILES string of the molecule is CC(C(=O)N(C)Cc1c(F)cccc1Cl)N1CCCC(CCC(=O)O)C1. The minimum atomic E-state index is -0.784. The predicted octanol–water partition coefficient (Wildman–Crippen LogP) is 3.40. The van der Waals surface area contributed by atoms with Crippen LogP contribution in [0.5, 0.6) is 0 Å². The van der Waals surface area contributed by atoms with Crippen molar-refractivity contribution in [3.05, 3.63) is 34.6 Å². The highest BCUT2D eigenvalue weighted by atomic mass is 35.5. The standard InChI is InChI=1S/C19H26ClFN2O3/c1-13(23-10-4-5-14(11-23)8-9-18(24)25)19(26)22(2)12-15-16(20)6-3-7-17(15)21/h3,6-7,13-14H,4-5,8-12H2,1-2H3,(H,24,25). The molecule has 26 heavy (non-hydrogen) atoms. The molecule has 5 nitrogen and oxygen atoms in total. The van der Waals surface area contributed by atoms with Gasteiger partial charge < -0.3 is 10.0 Å². The average molecular weight is 385 g/mol. The van der Waals surface area contributed by atoms with Crippen molar-refractivity contribution in [2.24, 2.45) is 5.92 Å². The zero-order valence-corrected chi connectivity index (χ0v) is 16.0. The molecule has 1 heterocycles. The highest BCUT2D eigenvalue weighted by Gasteiger charge is 2.29. The van der Waals surface area contributed by atoms with E-state index in [2.05, 4.69) is 4.90 Å². The Kier molecular flexibility index (Phi) is 7.41. The van der Waals surface area contributed by atoms with Crippen LogP contribution < -0.4 is 0 Å². The summed E-state index contributed by atoms with van der Waals surface area (Å²) in [7, 11) is 1.65. The van der Waals surface area contributed by atoms with Crippen LogP contribution in [0.3, 0.4) is 0 Å². The molecule has 0 radical (unpaired) electrons. The van der Waals surface area contributed by atoms with Crippen LogP contribution in [0.25, 0.3) is 0 Å². The lowest BCUT2D eigenvalue weighted by Gasteiger charge is -2.37. The number of likely N-dealkylation sites (tertiary alicyclic amines) is 1. The van der Waals surface area contributed by atoms with Crippen LogP contribution in [0.1, 0.15) is 38.2 Å². The second-order valence-corrected chi connectivity index (χ2v) is 7.41. The van der Waals surface area contributed by atoms with Crippen molar-refractivity contribution in [1.29, 1.82) is 0 Å². The van der Waals surface area contributed by atoms with Gasteiger partial charge in [0, 0.05) is 37.1 Å². The van der Waals surface area contributed by atoms with E-state index >= 15 is 0 Å². The van der Waals surface area contributed by atoms with Gasteiger partial charge in [-0.2, -0.15) is 0 Å². The Morgan fingerprint density at radius 2 is 2.19 bits per heavy atom. The Hall–Kier alpha value is -1.66. The number of halogens is 2. The first kappa shape index (κ1) is 20.6. The zero-order chi connectivity index (χ0) is 19.3. The highest BCUT2D eigenvalue weighted by molar-refractivity contribution is 6.31. The number of carbonyl (C=O) groups is 2. The van der Waals surface area contributed by atoms with Crippen LogP contribution in [-0.2, 0) is 16.1 Å². The lowest BCUT2D eigenvalue weighted by molar-refractivity contribution is -0.138. The second kappa shape index (κ2) is 9.33. The number of benzene rings is 1. The maximum absolute atomic E-state index is 14.0.